The second kappa shape index (κ2) is 38.9. The normalized spacial score (nSPS) is 18.0. The van der Waals surface area contributed by atoms with Gasteiger partial charge < -0.3 is 9.80 Å². The Kier molecular flexibility index (Phi) is 32.4. The fraction of sp³-hybridized carbons (Fsp3) is 0.696. The van der Waals surface area contributed by atoms with Gasteiger partial charge in [0.15, 0.2) is 0 Å². The van der Waals surface area contributed by atoms with Crippen LogP contribution in [0.25, 0.3) is 21.6 Å². The van der Waals surface area contributed by atoms with Crippen LogP contribution in [0.3, 0.4) is 0 Å². The topological polar surface area (TPSA) is 40.6 Å². The van der Waals surface area contributed by atoms with E-state index in [4.69, 9.17) is 12.6 Å². The lowest BCUT2D eigenvalue weighted by Crippen LogP contribution is -2.35. The molecule has 2 atom stereocenters. The van der Waals surface area contributed by atoms with Crippen LogP contribution in [0.5, 0.6) is 0 Å². The Bertz CT molecular complexity index is 2590. The number of nitrogens with zero attached hydrogens (tertiary/aromatic N) is 2. The third-order valence-electron chi connectivity index (χ3n) is 19.6. The molecule has 0 aliphatic carbocycles. The number of anilines is 2. The van der Waals surface area contributed by atoms with E-state index in [0.29, 0.717) is 30.5 Å². The van der Waals surface area contributed by atoms with E-state index in [1.165, 1.54) is 247 Å². The number of allylic oxidation sites excluding steroid dienone is 3. The first-order valence-corrected chi connectivity index (χ1v) is 37.4. The summed E-state index contributed by atoms with van der Waals surface area (Å²) in [4.78, 5) is 38.7. The number of rotatable bonds is 35. The van der Waals surface area contributed by atoms with Gasteiger partial charge in [-0.05, 0) is 96.2 Å². The standard InChI is InChI=1S/C79H124N2O2S2/c1-9-12-15-18-21-24-26-31-36-41-47-63(46-40-35-30-23-20-17-14-11-3)61-80-69-60-68-70-59-67(69)74(76(80)82)71(84)50-45-58-79(7,8)57-44-39-34-29-28-33-38-43-49-64(48-42-37-32-27-25-22-19-16-13-10-2)62-81(70)77(83)75(68)73-56-55-72(85-73)65-51-53-66(54-52-65)78(4,5)6/h45,50-56,58-60,63-64,84H,9-44,46-49,57,61-62H2,1-8H3/b58-45+,71-50?. The SMILES string of the molecule is CCCCCCCCCCCCC(CCCCCCCCCC)CN1C(=O)C2=c3cc4c(cc31)=C(c1ccc(-c3ccc(C(C)(C)C)cc3)s1)C(=O)N4CC(CCCCCCCCCCCC)CCCCCCCCCCC(C)(C)/C=C/C=C2S. The highest BCUT2D eigenvalue weighted by Gasteiger charge is 2.38. The maximum Gasteiger partial charge on any atom is 0.260 e. The largest absolute Gasteiger partial charge is 0.307 e. The van der Waals surface area contributed by atoms with E-state index in [0.717, 1.165) is 69.3 Å². The van der Waals surface area contributed by atoms with Crippen molar-refractivity contribution in [3.63, 3.8) is 0 Å². The molecule has 2 amide bonds. The lowest BCUT2D eigenvalue weighted by molar-refractivity contribution is -0.114. The zero-order valence-corrected chi connectivity index (χ0v) is 57.7. The Morgan fingerprint density at radius 1 is 0.553 bits per heavy atom. The molecule has 0 fully saturated rings. The molecule has 2 unspecified atom stereocenters. The molecule has 0 radical (unpaired) electrons. The number of unbranched alkanes of at least 4 members (excludes halogenated alkanes) is 25. The maximum atomic E-state index is 15.8. The quantitative estimate of drug-likeness (QED) is 0.0471. The van der Waals surface area contributed by atoms with E-state index >= 15 is 9.59 Å². The van der Waals surface area contributed by atoms with Gasteiger partial charge in [0.25, 0.3) is 11.8 Å². The van der Waals surface area contributed by atoms with Crippen molar-refractivity contribution in [3.8, 4) is 10.4 Å². The monoisotopic (exact) mass is 1200 g/mol. The van der Waals surface area contributed by atoms with Crippen LogP contribution in [0.15, 0.2) is 71.7 Å². The maximum absolute atomic E-state index is 15.8. The van der Waals surface area contributed by atoms with E-state index in [1.807, 2.05) is 0 Å². The lowest BCUT2D eigenvalue weighted by Gasteiger charge is -2.27. The predicted octanol–water partition coefficient (Wildman–Crippen LogP) is 23.5. The van der Waals surface area contributed by atoms with Crippen LogP contribution in [-0.2, 0) is 15.0 Å². The molecule has 1 aromatic heterocycles. The molecule has 85 heavy (non-hydrogen) atoms. The highest BCUT2D eigenvalue weighted by atomic mass is 32.1. The number of amides is 2. The zero-order chi connectivity index (χ0) is 60.7. The first-order valence-electron chi connectivity index (χ1n) is 36.1. The van der Waals surface area contributed by atoms with Crippen LogP contribution in [0.2, 0.25) is 0 Å². The van der Waals surface area contributed by atoms with Crippen molar-refractivity contribution in [1.29, 1.82) is 0 Å². The summed E-state index contributed by atoms with van der Waals surface area (Å²) in [5.41, 5.74) is 6.05. The number of carbonyl (C=O) groups is 2. The van der Waals surface area contributed by atoms with Crippen LogP contribution >= 0.6 is 24.0 Å². The molecule has 4 nitrogen and oxygen atoms in total. The van der Waals surface area contributed by atoms with Crippen molar-refractivity contribution in [2.45, 2.75) is 324 Å². The number of hydrogen-bond donors (Lipinski definition) is 1. The molecular formula is C79H124N2O2S2. The number of carbonyl (C=O) groups excluding carboxylic acids is 2. The Morgan fingerprint density at radius 3 is 1.56 bits per heavy atom. The van der Waals surface area contributed by atoms with Gasteiger partial charge in [-0.2, -0.15) is 0 Å². The highest BCUT2D eigenvalue weighted by Crippen LogP contribution is 2.39. The van der Waals surface area contributed by atoms with Crippen molar-refractivity contribution in [1.82, 2.24) is 0 Å². The molecule has 6 heteroatoms. The summed E-state index contributed by atoms with van der Waals surface area (Å²) in [5.74, 6) is 1.01. The lowest BCUT2D eigenvalue weighted by atomic mass is 9.86. The zero-order valence-electron chi connectivity index (χ0n) is 56.0. The predicted molar refractivity (Wildman–Crippen MR) is 378 cm³/mol. The fourth-order valence-corrected chi connectivity index (χ4v) is 15.3. The van der Waals surface area contributed by atoms with E-state index < -0.39 is 0 Å². The van der Waals surface area contributed by atoms with Crippen molar-refractivity contribution in [2.24, 2.45) is 17.3 Å². The second-order valence-corrected chi connectivity index (χ2v) is 30.2. The number of thiol groups is 1. The molecule has 2 aromatic carbocycles. The summed E-state index contributed by atoms with van der Waals surface area (Å²) < 4.78 is 0. The number of hydrogen-bond acceptors (Lipinski definition) is 4. The van der Waals surface area contributed by atoms with Crippen LogP contribution in [-0.4, -0.2) is 24.9 Å². The van der Waals surface area contributed by atoms with Gasteiger partial charge in [0, 0.05) is 38.2 Å². The van der Waals surface area contributed by atoms with E-state index in [1.54, 1.807) is 11.3 Å². The molecule has 0 spiro atoms. The molecule has 0 N–H and O–H groups in total. The van der Waals surface area contributed by atoms with Gasteiger partial charge in [-0.1, -0.05) is 323 Å². The van der Waals surface area contributed by atoms with Crippen molar-refractivity contribution in [3.05, 3.63) is 92.5 Å². The number of thiophene rings is 1. The average Bonchev–Trinajstić information content (AvgIpc) is 1.63. The molecule has 2 bridgehead atoms. The van der Waals surface area contributed by atoms with Gasteiger partial charge in [0.05, 0.1) is 22.5 Å². The molecule has 3 aliphatic heterocycles. The molecular weight excluding hydrogens is 1070 g/mol. The van der Waals surface area contributed by atoms with Gasteiger partial charge in [0.2, 0.25) is 0 Å². The first kappa shape index (κ1) is 70.7. The third kappa shape index (κ3) is 23.8. The van der Waals surface area contributed by atoms with Crippen LogP contribution in [0, 0.1) is 17.3 Å². The van der Waals surface area contributed by atoms with Gasteiger partial charge >= 0.3 is 0 Å². The Hall–Kier alpha value is -3.35. The molecule has 474 valence electrons. The smallest absolute Gasteiger partial charge is 0.260 e. The molecule has 0 saturated heterocycles. The molecule has 3 aliphatic rings. The number of benzene rings is 2. The minimum Gasteiger partial charge on any atom is -0.307 e. The Balaban J connectivity index is 1.40. The molecule has 3 aromatic rings. The fourth-order valence-electron chi connectivity index (χ4n) is 14.0. The first-order chi connectivity index (χ1) is 41.3. The Labute approximate surface area is 531 Å². The summed E-state index contributed by atoms with van der Waals surface area (Å²) in [6, 6.07) is 18.1. The Morgan fingerprint density at radius 2 is 1.02 bits per heavy atom. The summed E-state index contributed by atoms with van der Waals surface area (Å²) in [6.07, 6.45) is 59.7. The molecule has 0 saturated carbocycles. The van der Waals surface area contributed by atoms with E-state index in [9.17, 15) is 0 Å². The second-order valence-electron chi connectivity index (χ2n) is 28.7. The van der Waals surface area contributed by atoms with E-state index in [-0.39, 0.29) is 22.6 Å². The van der Waals surface area contributed by atoms with Gasteiger partial charge in [-0.3, -0.25) is 9.59 Å². The van der Waals surface area contributed by atoms with Crippen molar-refractivity contribution < 1.29 is 9.59 Å². The van der Waals surface area contributed by atoms with Crippen LogP contribution in [0.4, 0.5) is 11.4 Å². The minimum absolute atomic E-state index is 0.0447. The van der Waals surface area contributed by atoms with Crippen LogP contribution in [0.1, 0.15) is 329 Å². The summed E-state index contributed by atoms with van der Waals surface area (Å²) in [7, 11) is 0. The minimum atomic E-state index is 0.0447. The molecule has 4 heterocycles. The summed E-state index contributed by atoms with van der Waals surface area (Å²) in [5, 5.41) is 1.94. The van der Waals surface area contributed by atoms with Gasteiger partial charge in [0.1, 0.15) is 0 Å². The molecule has 6 rings (SSSR count). The van der Waals surface area contributed by atoms with Crippen LogP contribution < -0.4 is 20.2 Å². The van der Waals surface area contributed by atoms with Crippen molar-refractivity contribution >= 4 is 58.3 Å². The van der Waals surface area contributed by atoms with E-state index in [2.05, 4.69) is 132 Å². The van der Waals surface area contributed by atoms with Gasteiger partial charge in [-0.15, -0.1) is 24.0 Å². The van der Waals surface area contributed by atoms with Crippen molar-refractivity contribution in [2.75, 3.05) is 22.9 Å². The average molecular weight is 1200 g/mol. The highest BCUT2D eigenvalue weighted by molar-refractivity contribution is 7.85. The summed E-state index contributed by atoms with van der Waals surface area (Å²) >= 11 is 7.05. The van der Waals surface area contributed by atoms with Gasteiger partial charge in [-0.25, -0.2) is 0 Å². The summed E-state index contributed by atoms with van der Waals surface area (Å²) in [6.45, 7) is 19.9. The third-order valence-corrected chi connectivity index (χ3v) is 21.1.